The van der Waals surface area contributed by atoms with Crippen LogP contribution in [-0.4, -0.2) is 33.4 Å². The molecule has 1 aromatic heterocycles. The zero-order valence-electron chi connectivity index (χ0n) is 20.0. The average Bonchev–Trinajstić information content (AvgIpc) is 3.18. The molecule has 1 heterocycles. The summed E-state index contributed by atoms with van der Waals surface area (Å²) in [5, 5.41) is 0.695. The number of rotatable bonds is 9. The van der Waals surface area contributed by atoms with Crippen molar-refractivity contribution in [3.63, 3.8) is 0 Å². The Hall–Kier alpha value is -2.67. The normalized spacial score (nSPS) is 12.3. The molecular formula is C28H30BrClN4O. The van der Waals surface area contributed by atoms with Crippen LogP contribution >= 0.6 is 27.5 Å². The molecule has 1 atom stereocenters. The Morgan fingerprint density at radius 3 is 2.54 bits per heavy atom. The highest BCUT2D eigenvalue weighted by molar-refractivity contribution is 9.10. The largest absolute Gasteiger partial charge is 0.330 e. The molecule has 0 aliphatic carbocycles. The van der Waals surface area contributed by atoms with Gasteiger partial charge in [0.1, 0.15) is 5.82 Å². The average molecular weight is 554 g/mol. The number of carbonyl (C=O) groups is 1. The van der Waals surface area contributed by atoms with Crippen molar-refractivity contribution in [1.82, 2.24) is 14.5 Å². The van der Waals surface area contributed by atoms with Crippen molar-refractivity contribution in [1.29, 1.82) is 0 Å². The predicted octanol–water partition coefficient (Wildman–Crippen LogP) is 6.69. The molecule has 3 aromatic carbocycles. The van der Waals surface area contributed by atoms with E-state index in [1.54, 1.807) is 0 Å². The molecule has 0 spiro atoms. The Bertz CT molecular complexity index is 1310. The van der Waals surface area contributed by atoms with Gasteiger partial charge in [-0.2, -0.15) is 0 Å². The van der Waals surface area contributed by atoms with Crippen LogP contribution in [0.5, 0.6) is 0 Å². The number of fused-ring (bicyclic) bond motifs is 1. The van der Waals surface area contributed by atoms with Gasteiger partial charge in [0.05, 0.1) is 17.1 Å². The van der Waals surface area contributed by atoms with Gasteiger partial charge in [-0.05, 0) is 66.9 Å². The summed E-state index contributed by atoms with van der Waals surface area (Å²) < 4.78 is 3.18. The van der Waals surface area contributed by atoms with Crippen molar-refractivity contribution in [2.45, 2.75) is 32.9 Å². The van der Waals surface area contributed by atoms with Crippen LogP contribution in [0.15, 0.2) is 77.3 Å². The first-order valence-electron chi connectivity index (χ1n) is 11.8. The van der Waals surface area contributed by atoms with Crippen molar-refractivity contribution in [2.24, 2.45) is 11.7 Å². The highest BCUT2D eigenvalue weighted by Crippen LogP contribution is 2.34. The quantitative estimate of drug-likeness (QED) is 0.251. The highest BCUT2D eigenvalue weighted by atomic mass is 79.9. The second kappa shape index (κ2) is 11.4. The first-order valence-corrected chi connectivity index (χ1v) is 13.0. The van der Waals surface area contributed by atoms with Crippen molar-refractivity contribution in [3.8, 4) is 0 Å². The van der Waals surface area contributed by atoms with Crippen LogP contribution < -0.4 is 5.73 Å². The Kier molecular flexibility index (Phi) is 8.26. The molecule has 182 valence electrons. The summed E-state index contributed by atoms with van der Waals surface area (Å²) in [5.74, 6) is 0.966. The molecular weight excluding hydrogens is 524 g/mol. The van der Waals surface area contributed by atoms with E-state index in [-0.39, 0.29) is 17.9 Å². The number of amides is 1. The number of hydrogen-bond acceptors (Lipinski definition) is 3. The molecule has 4 aromatic rings. The van der Waals surface area contributed by atoms with E-state index in [0.29, 0.717) is 36.6 Å². The van der Waals surface area contributed by atoms with E-state index in [9.17, 15) is 4.79 Å². The van der Waals surface area contributed by atoms with E-state index in [2.05, 4.69) is 46.5 Å². The lowest BCUT2D eigenvalue weighted by Gasteiger charge is -2.34. The summed E-state index contributed by atoms with van der Waals surface area (Å²) >= 11 is 9.88. The number of nitrogens with zero attached hydrogens (tertiary/aromatic N) is 3. The van der Waals surface area contributed by atoms with Crippen molar-refractivity contribution in [3.05, 3.63) is 99.2 Å². The second-order valence-electron chi connectivity index (χ2n) is 9.01. The van der Waals surface area contributed by atoms with Crippen LogP contribution in [-0.2, 0) is 6.54 Å². The maximum Gasteiger partial charge on any atom is 0.254 e. The molecule has 2 N–H and O–H groups in total. The van der Waals surface area contributed by atoms with Gasteiger partial charge in [-0.3, -0.25) is 4.79 Å². The summed E-state index contributed by atoms with van der Waals surface area (Å²) in [6, 6.07) is 23.2. The molecule has 0 bridgehead atoms. The predicted molar refractivity (Wildman–Crippen MR) is 147 cm³/mol. The van der Waals surface area contributed by atoms with Crippen LogP contribution in [0, 0.1) is 5.92 Å². The third-order valence-corrected chi connectivity index (χ3v) is 6.81. The molecule has 1 amide bonds. The minimum Gasteiger partial charge on any atom is -0.330 e. The number of halogens is 2. The fourth-order valence-electron chi connectivity index (χ4n) is 4.50. The standard InChI is InChI=1S/C28H30BrClN4O/c1-19(2)26(33(15-7-14-31)28(35)21-9-4-3-5-10-21)27-32-24-17-22(29)12-13-25(24)34(27)18-20-8-6-11-23(30)16-20/h3-6,8-13,16-17,19,26H,7,14-15,18,31H2,1-2H3. The minimum absolute atomic E-state index is 0.0136. The number of imidazole rings is 1. The Labute approximate surface area is 220 Å². The number of hydrogen-bond donors (Lipinski definition) is 1. The molecule has 4 rings (SSSR count). The van der Waals surface area contributed by atoms with E-state index in [0.717, 1.165) is 26.9 Å². The van der Waals surface area contributed by atoms with Crippen molar-refractivity contribution < 1.29 is 4.79 Å². The lowest BCUT2D eigenvalue weighted by Crippen LogP contribution is -2.40. The third kappa shape index (κ3) is 5.77. The van der Waals surface area contributed by atoms with Gasteiger partial charge in [-0.1, -0.05) is 71.7 Å². The van der Waals surface area contributed by atoms with E-state index in [1.165, 1.54) is 0 Å². The molecule has 0 radical (unpaired) electrons. The second-order valence-corrected chi connectivity index (χ2v) is 10.4. The number of benzene rings is 3. The summed E-state index contributed by atoms with van der Waals surface area (Å²) in [4.78, 5) is 20.8. The molecule has 5 nitrogen and oxygen atoms in total. The number of carbonyl (C=O) groups excluding carboxylic acids is 1. The van der Waals surface area contributed by atoms with Crippen molar-refractivity contribution >= 4 is 44.5 Å². The lowest BCUT2D eigenvalue weighted by molar-refractivity contribution is 0.0605. The molecule has 0 fully saturated rings. The van der Waals surface area contributed by atoms with Gasteiger partial charge in [0, 0.05) is 28.1 Å². The van der Waals surface area contributed by atoms with E-state index < -0.39 is 0 Å². The van der Waals surface area contributed by atoms with Crippen LogP contribution in [0.2, 0.25) is 5.02 Å². The molecule has 0 saturated heterocycles. The smallest absolute Gasteiger partial charge is 0.254 e. The maximum atomic E-state index is 13.8. The molecule has 7 heteroatoms. The zero-order chi connectivity index (χ0) is 24.9. The van der Waals surface area contributed by atoms with E-state index >= 15 is 0 Å². The lowest BCUT2D eigenvalue weighted by atomic mass is 9.99. The van der Waals surface area contributed by atoms with Gasteiger partial charge >= 0.3 is 0 Å². The van der Waals surface area contributed by atoms with Gasteiger partial charge < -0.3 is 15.2 Å². The minimum atomic E-state index is -0.236. The van der Waals surface area contributed by atoms with Crippen LogP contribution in [0.25, 0.3) is 11.0 Å². The highest BCUT2D eigenvalue weighted by Gasteiger charge is 2.32. The molecule has 35 heavy (non-hydrogen) atoms. The summed E-state index contributed by atoms with van der Waals surface area (Å²) in [6.07, 6.45) is 0.710. The fourth-order valence-corrected chi connectivity index (χ4v) is 5.07. The number of nitrogens with two attached hydrogens (primary N) is 1. The Morgan fingerprint density at radius 2 is 1.86 bits per heavy atom. The van der Waals surface area contributed by atoms with E-state index in [1.807, 2.05) is 65.6 Å². The first-order chi connectivity index (χ1) is 16.9. The number of aromatic nitrogens is 2. The fraction of sp³-hybridized carbons (Fsp3) is 0.286. The Morgan fingerprint density at radius 1 is 1.09 bits per heavy atom. The molecule has 0 saturated carbocycles. The van der Waals surface area contributed by atoms with Gasteiger partial charge in [0.15, 0.2) is 0 Å². The molecule has 0 aliphatic rings. The summed E-state index contributed by atoms with van der Waals surface area (Å²) in [7, 11) is 0. The molecule has 1 unspecified atom stereocenters. The topological polar surface area (TPSA) is 64.2 Å². The summed E-state index contributed by atoms with van der Waals surface area (Å²) in [6.45, 7) is 5.93. The SMILES string of the molecule is CC(C)C(c1nc2cc(Br)ccc2n1Cc1cccc(Cl)c1)N(CCCN)C(=O)c1ccccc1. The maximum absolute atomic E-state index is 13.8. The van der Waals surface area contributed by atoms with E-state index in [4.69, 9.17) is 22.3 Å². The van der Waals surface area contributed by atoms with Crippen LogP contribution in [0.4, 0.5) is 0 Å². The first kappa shape index (κ1) is 25.4. The van der Waals surface area contributed by atoms with Gasteiger partial charge in [-0.15, -0.1) is 0 Å². The third-order valence-electron chi connectivity index (χ3n) is 6.09. The Balaban J connectivity index is 1.87. The summed E-state index contributed by atoms with van der Waals surface area (Å²) in [5.41, 5.74) is 9.51. The van der Waals surface area contributed by atoms with Crippen LogP contribution in [0.3, 0.4) is 0 Å². The van der Waals surface area contributed by atoms with Crippen LogP contribution in [0.1, 0.15) is 48.1 Å². The van der Waals surface area contributed by atoms with Gasteiger partial charge in [0.25, 0.3) is 5.91 Å². The van der Waals surface area contributed by atoms with Gasteiger partial charge in [-0.25, -0.2) is 4.98 Å². The zero-order valence-corrected chi connectivity index (χ0v) is 22.3. The monoisotopic (exact) mass is 552 g/mol. The van der Waals surface area contributed by atoms with Gasteiger partial charge in [0.2, 0.25) is 0 Å². The molecule has 0 aliphatic heterocycles. The van der Waals surface area contributed by atoms with Crippen molar-refractivity contribution in [2.75, 3.05) is 13.1 Å².